The predicted molar refractivity (Wildman–Crippen MR) is 92.2 cm³/mol. The van der Waals surface area contributed by atoms with Crippen LogP contribution in [0.2, 0.25) is 0 Å². The number of Topliss-reactive ketones (excluding diaryl/α,β-unsaturated/α-hetero) is 1. The highest BCUT2D eigenvalue weighted by atomic mass is 16.6. The molecule has 0 amide bonds. The van der Waals surface area contributed by atoms with E-state index in [0.717, 1.165) is 0 Å². The Bertz CT molecular complexity index is 645. The van der Waals surface area contributed by atoms with Gasteiger partial charge in [0.2, 0.25) is 5.78 Å². The van der Waals surface area contributed by atoms with E-state index in [1.165, 1.54) is 31.2 Å². The Labute approximate surface area is 151 Å². The topological polar surface area (TPSA) is 127 Å². The smallest absolute Gasteiger partial charge is 0.336 e. The van der Waals surface area contributed by atoms with Crippen LogP contribution < -0.4 is 0 Å². The number of carbonyl (C=O) groups excluding carboxylic acids is 2. The van der Waals surface area contributed by atoms with Crippen LogP contribution in [-0.4, -0.2) is 53.2 Å². The summed E-state index contributed by atoms with van der Waals surface area (Å²) in [5.41, 5.74) is -0.0223. The molecule has 0 radical (unpaired) electrons. The Morgan fingerprint density at radius 1 is 1.04 bits per heavy atom. The SMILES string of the molecule is C=C(C)C(=O)C(COCC)OC(C)=O.O=C(O)c1ccccc1C(=O)O. The minimum absolute atomic E-state index is 0.0851. The van der Waals surface area contributed by atoms with E-state index >= 15 is 0 Å². The lowest BCUT2D eigenvalue weighted by Gasteiger charge is -2.15. The molecule has 142 valence electrons. The number of hydrogen-bond acceptors (Lipinski definition) is 6. The maximum atomic E-state index is 11.4. The Hall–Kier alpha value is -3.00. The Morgan fingerprint density at radius 2 is 1.50 bits per heavy atom. The zero-order valence-electron chi connectivity index (χ0n) is 14.9. The van der Waals surface area contributed by atoms with Gasteiger partial charge in [0.05, 0.1) is 17.7 Å². The molecule has 1 aromatic carbocycles. The highest BCUT2D eigenvalue weighted by molar-refractivity contribution is 6.01. The number of esters is 1. The van der Waals surface area contributed by atoms with Gasteiger partial charge in [-0.15, -0.1) is 0 Å². The molecule has 1 atom stereocenters. The van der Waals surface area contributed by atoms with Gasteiger partial charge >= 0.3 is 17.9 Å². The summed E-state index contributed by atoms with van der Waals surface area (Å²) in [6.07, 6.45) is -0.857. The number of ether oxygens (including phenoxy) is 2. The van der Waals surface area contributed by atoms with E-state index in [1.54, 1.807) is 13.8 Å². The van der Waals surface area contributed by atoms with E-state index in [1.807, 2.05) is 0 Å². The lowest BCUT2D eigenvalue weighted by molar-refractivity contribution is -0.155. The highest BCUT2D eigenvalue weighted by Gasteiger charge is 2.21. The second-order valence-corrected chi connectivity index (χ2v) is 5.06. The highest BCUT2D eigenvalue weighted by Crippen LogP contribution is 2.08. The average molecular weight is 366 g/mol. The summed E-state index contributed by atoms with van der Waals surface area (Å²) >= 11 is 0. The summed E-state index contributed by atoms with van der Waals surface area (Å²) in [5.74, 6) is -3.25. The average Bonchev–Trinajstić information content (AvgIpc) is 2.58. The molecule has 1 rings (SSSR count). The van der Waals surface area contributed by atoms with E-state index < -0.39 is 24.0 Å². The summed E-state index contributed by atoms with van der Waals surface area (Å²) in [7, 11) is 0. The monoisotopic (exact) mass is 366 g/mol. The third-order valence-corrected chi connectivity index (χ3v) is 2.88. The molecule has 0 aromatic heterocycles. The lowest BCUT2D eigenvalue weighted by atomic mass is 10.1. The number of carboxylic acid groups (broad SMARTS) is 2. The molecule has 0 saturated heterocycles. The minimum atomic E-state index is -1.23. The fourth-order valence-electron chi connectivity index (χ4n) is 1.72. The first kappa shape index (κ1) is 23.0. The quantitative estimate of drug-likeness (QED) is 0.529. The lowest BCUT2D eigenvalue weighted by Crippen LogP contribution is -2.31. The zero-order valence-corrected chi connectivity index (χ0v) is 14.9. The summed E-state index contributed by atoms with van der Waals surface area (Å²) in [6.45, 7) is 8.68. The Morgan fingerprint density at radius 3 is 1.81 bits per heavy atom. The molecule has 0 fully saturated rings. The molecule has 2 N–H and O–H groups in total. The first-order valence-corrected chi connectivity index (χ1v) is 7.62. The van der Waals surface area contributed by atoms with Gasteiger partial charge in [0.15, 0.2) is 6.10 Å². The van der Waals surface area contributed by atoms with Crippen molar-refractivity contribution in [1.29, 1.82) is 0 Å². The van der Waals surface area contributed by atoms with Crippen molar-refractivity contribution in [2.75, 3.05) is 13.2 Å². The van der Waals surface area contributed by atoms with Crippen LogP contribution in [0.1, 0.15) is 41.5 Å². The van der Waals surface area contributed by atoms with Crippen molar-refractivity contribution in [2.45, 2.75) is 26.9 Å². The van der Waals surface area contributed by atoms with Crippen molar-refractivity contribution < 1.29 is 38.9 Å². The summed E-state index contributed by atoms with van der Waals surface area (Å²) in [5, 5.41) is 17.1. The van der Waals surface area contributed by atoms with E-state index in [2.05, 4.69) is 6.58 Å². The Balaban J connectivity index is 0.000000485. The number of hydrogen-bond donors (Lipinski definition) is 2. The van der Waals surface area contributed by atoms with Gasteiger partial charge in [-0.25, -0.2) is 9.59 Å². The predicted octanol–water partition coefficient (Wildman–Crippen LogP) is 2.18. The van der Waals surface area contributed by atoms with Gasteiger partial charge in [0.25, 0.3) is 0 Å². The van der Waals surface area contributed by atoms with Crippen LogP contribution in [-0.2, 0) is 19.1 Å². The molecule has 8 heteroatoms. The summed E-state index contributed by atoms with van der Waals surface area (Å²) in [6, 6.07) is 5.48. The Kier molecular flexibility index (Phi) is 10.2. The zero-order chi connectivity index (χ0) is 20.3. The van der Waals surface area contributed by atoms with Gasteiger partial charge in [0, 0.05) is 13.5 Å². The standard InChI is InChI=1S/C10H16O4.C8H6O4/c1-5-13-6-9(14-8(4)11)10(12)7(2)3;9-7(10)5-3-1-2-4-6(5)8(11)12/h9H,2,5-6H2,1,3-4H3;1-4H,(H,9,10)(H,11,12). The number of benzene rings is 1. The molecule has 0 heterocycles. The molecule has 0 aliphatic carbocycles. The van der Waals surface area contributed by atoms with E-state index in [-0.39, 0.29) is 23.5 Å². The number of carbonyl (C=O) groups is 4. The largest absolute Gasteiger partial charge is 0.478 e. The summed E-state index contributed by atoms with van der Waals surface area (Å²) in [4.78, 5) is 43.0. The maximum Gasteiger partial charge on any atom is 0.336 e. The number of ketones is 1. The molecule has 1 aromatic rings. The van der Waals surface area contributed by atoms with Crippen LogP contribution in [0.25, 0.3) is 0 Å². The number of aromatic carboxylic acids is 2. The molecular weight excluding hydrogens is 344 g/mol. The first-order valence-electron chi connectivity index (χ1n) is 7.62. The van der Waals surface area contributed by atoms with Crippen molar-refractivity contribution in [3.8, 4) is 0 Å². The molecule has 0 saturated carbocycles. The third kappa shape index (κ3) is 8.20. The van der Waals surface area contributed by atoms with Gasteiger partial charge in [0.1, 0.15) is 0 Å². The van der Waals surface area contributed by atoms with E-state index in [0.29, 0.717) is 12.2 Å². The second-order valence-electron chi connectivity index (χ2n) is 5.06. The van der Waals surface area contributed by atoms with Crippen molar-refractivity contribution in [3.63, 3.8) is 0 Å². The van der Waals surface area contributed by atoms with Crippen LogP contribution in [0.5, 0.6) is 0 Å². The van der Waals surface area contributed by atoms with Crippen LogP contribution >= 0.6 is 0 Å². The van der Waals surface area contributed by atoms with Crippen LogP contribution in [0.4, 0.5) is 0 Å². The molecule has 0 aliphatic rings. The molecule has 26 heavy (non-hydrogen) atoms. The minimum Gasteiger partial charge on any atom is -0.478 e. The maximum absolute atomic E-state index is 11.4. The van der Waals surface area contributed by atoms with Crippen LogP contribution in [0, 0.1) is 0 Å². The van der Waals surface area contributed by atoms with Gasteiger partial charge in [-0.3, -0.25) is 9.59 Å². The fraction of sp³-hybridized carbons (Fsp3) is 0.333. The van der Waals surface area contributed by atoms with E-state index in [4.69, 9.17) is 19.7 Å². The first-order chi connectivity index (χ1) is 12.1. The van der Waals surface area contributed by atoms with Crippen molar-refractivity contribution in [2.24, 2.45) is 0 Å². The number of rotatable bonds is 8. The molecular formula is C18H22O8. The molecule has 0 bridgehead atoms. The normalized spacial score (nSPS) is 10.7. The molecule has 1 unspecified atom stereocenters. The number of carboxylic acids is 2. The van der Waals surface area contributed by atoms with Crippen LogP contribution in [0.3, 0.4) is 0 Å². The van der Waals surface area contributed by atoms with Crippen LogP contribution in [0.15, 0.2) is 36.4 Å². The van der Waals surface area contributed by atoms with Crippen molar-refractivity contribution >= 4 is 23.7 Å². The fourth-order valence-corrected chi connectivity index (χ4v) is 1.72. The third-order valence-electron chi connectivity index (χ3n) is 2.88. The summed E-state index contributed by atoms with van der Waals surface area (Å²) < 4.78 is 9.83. The van der Waals surface area contributed by atoms with E-state index in [9.17, 15) is 19.2 Å². The van der Waals surface area contributed by atoms with Crippen molar-refractivity contribution in [3.05, 3.63) is 47.5 Å². The van der Waals surface area contributed by atoms with Gasteiger partial charge < -0.3 is 19.7 Å². The molecule has 0 spiro atoms. The second kappa shape index (κ2) is 11.5. The molecule has 8 nitrogen and oxygen atoms in total. The van der Waals surface area contributed by atoms with Gasteiger partial charge in [-0.1, -0.05) is 18.7 Å². The molecule has 0 aliphatic heterocycles. The van der Waals surface area contributed by atoms with Crippen molar-refractivity contribution in [1.82, 2.24) is 0 Å². The van der Waals surface area contributed by atoms with Gasteiger partial charge in [-0.2, -0.15) is 0 Å². The van der Waals surface area contributed by atoms with Gasteiger partial charge in [-0.05, 0) is 31.6 Å².